The number of nitrogens with zero attached hydrogens (tertiary/aromatic N) is 3. The quantitative estimate of drug-likeness (QED) is 0.301. The van der Waals surface area contributed by atoms with Crippen molar-refractivity contribution in [3.05, 3.63) is 35.9 Å². The van der Waals surface area contributed by atoms with Gasteiger partial charge in [0.1, 0.15) is 6.54 Å². The molecule has 2 aliphatic rings. The molecular formula is C25H40IN5O2. The first-order valence-corrected chi connectivity index (χ1v) is 12.1. The van der Waals surface area contributed by atoms with Gasteiger partial charge in [-0.3, -0.25) is 9.59 Å². The topological polar surface area (TPSA) is 77.0 Å². The molecule has 8 heteroatoms. The minimum Gasteiger partial charge on any atom is -0.359 e. The molecule has 0 atom stereocenters. The second-order valence-corrected chi connectivity index (χ2v) is 8.99. The van der Waals surface area contributed by atoms with Crippen LogP contribution in [0, 0.1) is 11.8 Å². The molecule has 3 rings (SSSR count). The maximum absolute atomic E-state index is 12.8. The van der Waals surface area contributed by atoms with Crippen LogP contribution in [0.4, 0.5) is 0 Å². The van der Waals surface area contributed by atoms with Crippen LogP contribution in [0.3, 0.4) is 0 Å². The second-order valence-electron chi connectivity index (χ2n) is 8.99. The molecule has 0 aromatic heterocycles. The fraction of sp³-hybridized carbons (Fsp3) is 0.640. The Morgan fingerprint density at radius 2 is 1.58 bits per heavy atom. The van der Waals surface area contributed by atoms with Crippen molar-refractivity contribution in [1.82, 2.24) is 20.4 Å². The molecule has 2 amide bonds. The molecule has 0 unspecified atom stereocenters. The summed E-state index contributed by atoms with van der Waals surface area (Å²) in [6, 6.07) is 10.6. The molecule has 0 saturated carbocycles. The number of carbonyl (C=O) groups is 2. The Morgan fingerprint density at radius 1 is 0.970 bits per heavy atom. The number of piperidine rings is 2. The van der Waals surface area contributed by atoms with E-state index in [2.05, 4.69) is 50.9 Å². The number of hydrogen-bond acceptors (Lipinski definition) is 3. The van der Waals surface area contributed by atoms with Crippen LogP contribution >= 0.6 is 24.0 Å². The third-order valence-electron chi connectivity index (χ3n) is 6.70. The zero-order valence-corrected chi connectivity index (χ0v) is 22.4. The average molecular weight is 570 g/mol. The summed E-state index contributed by atoms with van der Waals surface area (Å²) >= 11 is 0. The first-order valence-electron chi connectivity index (χ1n) is 12.1. The summed E-state index contributed by atoms with van der Waals surface area (Å²) in [4.78, 5) is 33.3. The highest BCUT2D eigenvalue weighted by Gasteiger charge is 2.25. The molecule has 2 saturated heterocycles. The number of amides is 2. The molecule has 2 fully saturated rings. The molecule has 1 aromatic rings. The number of rotatable bonds is 7. The summed E-state index contributed by atoms with van der Waals surface area (Å²) in [5.74, 6) is 2.12. The summed E-state index contributed by atoms with van der Waals surface area (Å²) in [5, 5.41) is 6.05. The third kappa shape index (κ3) is 8.79. The van der Waals surface area contributed by atoms with E-state index in [0.29, 0.717) is 18.3 Å². The number of benzene rings is 1. The molecular weight excluding hydrogens is 529 g/mol. The van der Waals surface area contributed by atoms with Gasteiger partial charge in [-0.15, -0.1) is 24.0 Å². The van der Waals surface area contributed by atoms with E-state index in [4.69, 9.17) is 0 Å². The minimum absolute atomic E-state index is 0. The van der Waals surface area contributed by atoms with Crippen LogP contribution in [0.15, 0.2) is 35.3 Å². The second kappa shape index (κ2) is 14.4. The smallest absolute Gasteiger partial charge is 0.244 e. The van der Waals surface area contributed by atoms with Crippen molar-refractivity contribution in [2.45, 2.75) is 45.4 Å². The lowest BCUT2D eigenvalue weighted by atomic mass is 9.90. The van der Waals surface area contributed by atoms with Gasteiger partial charge >= 0.3 is 0 Å². The van der Waals surface area contributed by atoms with Crippen molar-refractivity contribution >= 4 is 41.8 Å². The van der Waals surface area contributed by atoms with E-state index in [-0.39, 0.29) is 42.3 Å². The Morgan fingerprint density at radius 3 is 2.18 bits per heavy atom. The Kier molecular flexibility index (Phi) is 12.0. The van der Waals surface area contributed by atoms with Crippen molar-refractivity contribution in [2.75, 3.05) is 46.3 Å². The van der Waals surface area contributed by atoms with Gasteiger partial charge in [0.15, 0.2) is 5.96 Å². The number of hydrogen-bond donors (Lipinski definition) is 2. The normalized spacial score (nSPS) is 17.9. The van der Waals surface area contributed by atoms with E-state index in [1.807, 2.05) is 11.8 Å². The molecule has 33 heavy (non-hydrogen) atoms. The van der Waals surface area contributed by atoms with Gasteiger partial charge in [0, 0.05) is 46.2 Å². The Bertz CT molecular complexity index is 757. The van der Waals surface area contributed by atoms with Crippen LogP contribution in [0.5, 0.6) is 0 Å². The standard InChI is InChI=1S/C25H39N5O2.HI/c1-3-27-25(30-15-11-22(12-16-30)18-23(31)26-2)28-19-24(32)29-13-9-21(10-14-29)17-20-7-5-4-6-8-20;/h4-8,21-22H,3,9-19H2,1-2H3,(H,26,31)(H,27,28);1H. The molecule has 2 aliphatic heterocycles. The maximum atomic E-state index is 12.8. The van der Waals surface area contributed by atoms with Gasteiger partial charge in [0.25, 0.3) is 0 Å². The van der Waals surface area contributed by atoms with Gasteiger partial charge in [-0.05, 0) is 56.4 Å². The predicted octanol–water partition coefficient (Wildman–Crippen LogP) is 2.90. The third-order valence-corrected chi connectivity index (χ3v) is 6.70. The zero-order chi connectivity index (χ0) is 22.8. The van der Waals surface area contributed by atoms with Crippen molar-refractivity contribution < 1.29 is 9.59 Å². The monoisotopic (exact) mass is 569 g/mol. The Hall–Kier alpha value is -1.84. The van der Waals surface area contributed by atoms with Crippen molar-refractivity contribution in [1.29, 1.82) is 0 Å². The average Bonchev–Trinajstić information content (AvgIpc) is 2.83. The maximum Gasteiger partial charge on any atom is 0.244 e. The number of guanidine groups is 1. The minimum atomic E-state index is 0. The lowest BCUT2D eigenvalue weighted by molar-refractivity contribution is -0.131. The van der Waals surface area contributed by atoms with Gasteiger partial charge in [-0.2, -0.15) is 0 Å². The molecule has 1 aromatic carbocycles. The lowest BCUT2D eigenvalue weighted by Crippen LogP contribution is -2.47. The zero-order valence-electron chi connectivity index (χ0n) is 20.1. The molecule has 0 spiro atoms. The summed E-state index contributed by atoms with van der Waals surface area (Å²) in [5.41, 5.74) is 1.39. The molecule has 0 radical (unpaired) electrons. The molecule has 0 bridgehead atoms. The summed E-state index contributed by atoms with van der Waals surface area (Å²) in [6.45, 7) is 6.41. The van der Waals surface area contributed by atoms with Crippen LogP contribution in [-0.4, -0.2) is 73.9 Å². The van der Waals surface area contributed by atoms with Gasteiger partial charge in [-0.1, -0.05) is 30.3 Å². The largest absolute Gasteiger partial charge is 0.359 e. The predicted molar refractivity (Wildman–Crippen MR) is 144 cm³/mol. The molecule has 2 heterocycles. The van der Waals surface area contributed by atoms with Crippen LogP contribution in [0.2, 0.25) is 0 Å². The summed E-state index contributed by atoms with van der Waals surface area (Å²) in [6.07, 6.45) is 5.76. The number of carbonyl (C=O) groups excluding carboxylic acids is 2. The molecule has 2 N–H and O–H groups in total. The fourth-order valence-corrected chi connectivity index (χ4v) is 4.72. The van der Waals surface area contributed by atoms with E-state index >= 15 is 0 Å². The molecule has 7 nitrogen and oxygen atoms in total. The first-order chi connectivity index (χ1) is 15.6. The summed E-state index contributed by atoms with van der Waals surface area (Å²) in [7, 11) is 1.69. The highest BCUT2D eigenvalue weighted by molar-refractivity contribution is 14.0. The SMILES string of the molecule is CCNC(=NCC(=O)N1CCC(Cc2ccccc2)CC1)N1CCC(CC(=O)NC)CC1.I. The first kappa shape index (κ1) is 27.4. The van der Waals surface area contributed by atoms with Gasteiger partial charge < -0.3 is 20.4 Å². The van der Waals surface area contributed by atoms with E-state index < -0.39 is 0 Å². The number of likely N-dealkylation sites (tertiary alicyclic amines) is 2. The fourth-order valence-electron chi connectivity index (χ4n) is 4.72. The van der Waals surface area contributed by atoms with Crippen LogP contribution in [0.1, 0.15) is 44.6 Å². The van der Waals surface area contributed by atoms with Crippen molar-refractivity contribution in [2.24, 2.45) is 16.8 Å². The van der Waals surface area contributed by atoms with Gasteiger partial charge in [-0.25, -0.2) is 4.99 Å². The lowest BCUT2D eigenvalue weighted by Gasteiger charge is -2.34. The highest BCUT2D eigenvalue weighted by atomic mass is 127. The van der Waals surface area contributed by atoms with Gasteiger partial charge in [0.05, 0.1) is 0 Å². The Balaban J connectivity index is 0.00000385. The number of aliphatic imine (C=N–C) groups is 1. The van der Waals surface area contributed by atoms with Crippen LogP contribution < -0.4 is 10.6 Å². The van der Waals surface area contributed by atoms with Crippen LogP contribution in [-0.2, 0) is 16.0 Å². The van der Waals surface area contributed by atoms with Crippen molar-refractivity contribution in [3.63, 3.8) is 0 Å². The van der Waals surface area contributed by atoms with E-state index in [9.17, 15) is 9.59 Å². The summed E-state index contributed by atoms with van der Waals surface area (Å²) < 4.78 is 0. The highest BCUT2D eigenvalue weighted by Crippen LogP contribution is 2.22. The van der Waals surface area contributed by atoms with E-state index in [1.54, 1.807) is 7.05 Å². The van der Waals surface area contributed by atoms with Crippen molar-refractivity contribution in [3.8, 4) is 0 Å². The van der Waals surface area contributed by atoms with Gasteiger partial charge in [0.2, 0.25) is 11.8 Å². The molecule has 0 aliphatic carbocycles. The number of halogens is 1. The van der Waals surface area contributed by atoms with E-state index in [1.165, 1.54) is 5.56 Å². The number of nitrogens with one attached hydrogen (secondary N) is 2. The van der Waals surface area contributed by atoms with E-state index in [0.717, 1.165) is 70.8 Å². The molecule has 184 valence electrons. The van der Waals surface area contributed by atoms with Crippen LogP contribution in [0.25, 0.3) is 0 Å². The Labute approximate surface area is 215 Å².